The predicted molar refractivity (Wildman–Crippen MR) is 137 cm³/mol. The van der Waals surface area contributed by atoms with Crippen LogP contribution in [0.1, 0.15) is 83.1 Å². The van der Waals surface area contributed by atoms with Crippen molar-refractivity contribution >= 4 is 71.0 Å². The van der Waals surface area contributed by atoms with Crippen LogP contribution in [0.15, 0.2) is 0 Å². The van der Waals surface area contributed by atoms with Gasteiger partial charge in [0.2, 0.25) is 0 Å². The van der Waals surface area contributed by atoms with Gasteiger partial charge in [0.1, 0.15) is 0 Å². The zero-order valence-corrected chi connectivity index (χ0v) is 26.5. The molecule has 0 aliphatic rings. The van der Waals surface area contributed by atoms with E-state index in [0.717, 1.165) is 0 Å². The van der Waals surface area contributed by atoms with E-state index in [2.05, 4.69) is 96.2 Å². The van der Waals surface area contributed by atoms with Gasteiger partial charge in [0.05, 0.1) is 15.2 Å². The topological polar surface area (TPSA) is 0 Å². The second kappa shape index (κ2) is 7.32. The van der Waals surface area contributed by atoms with E-state index in [1.54, 1.807) is 0 Å². The summed E-state index contributed by atoms with van der Waals surface area (Å²) in [5.41, 5.74) is -5.99. The molecule has 8 heteroatoms. The first kappa shape index (κ1) is 28.0. The highest BCUT2D eigenvalue weighted by molar-refractivity contribution is 8.17. The van der Waals surface area contributed by atoms with E-state index in [-0.39, 0.29) is 20.2 Å². The lowest BCUT2D eigenvalue weighted by Crippen LogP contribution is -2.83. The summed E-state index contributed by atoms with van der Waals surface area (Å²) in [6, 6.07) is 0. The van der Waals surface area contributed by atoms with Crippen LogP contribution in [-0.4, -0.2) is 26.6 Å². The smallest absolute Gasteiger partial charge is 0.151 e. The summed E-state index contributed by atoms with van der Waals surface area (Å²) in [6.07, 6.45) is 0. The monoisotopic (exact) mass is 510 g/mol. The Morgan fingerprint density at radius 3 is 0.577 bits per heavy atom. The molecule has 0 nitrogen and oxygen atoms in total. The first-order valence-corrected chi connectivity index (χ1v) is 25.6. The fraction of sp³-hybridized carbons (Fsp3) is 1.00. The van der Waals surface area contributed by atoms with E-state index < -0.39 is 26.6 Å². The minimum Gasteiger partial charge on any atom is -0.151 e. The summed E-state index contributed by atoms with van der Waals surface area (Å²) in [4.78, 5) is 0. The molecule has 0 saturated carbocycles. The summed E-state index contributed by atoms with van der Waals surface area (Å²) in [6.45, 7) is 32.3. The molecule has 0 saturated heterocycles. The maximum absolute atomic E-state index is 7.60. The lowest BCUT2D eigenvalue weighted by molar-refractivity contribution is 0.633. The highest BCUT2D eigenvalue weighted by atomic mass is 35.8. The normalized spacial score (nSPS) is 16.8. The van der Waals surface area contributed by atoms with E-state index in [9.17, 15) is 0 Å². The summed E-state index contributed by atoms with van der Waals surface area (Å²) in [5.74, 6) is 0. The molecule has 0 unspecified atom stereocenters. The molecule has 0 aromatic rings. The Bertz CT molecular complexity index is 441. The van der Waals surface area contributed by atoms with Gasteiger partial charge in [-0.1, -0.05) is 96.2 Å². The molecule has 0 aromatic carbocycles. The molecule has 0 bridgehead atoms. The second-order valence-corrected chi connectivity index (χ2v) is 58.8. The third-order valence-electron chi connectivity index (χ3n) is 7.65. The van der Waals surface area contributed by atoms with Gasteiger partial charge in [-0.2, -0.15) is 44.3 Å². The highest BCUT2D eigenvalue weighted by Gasteiger charge is 2.79. The third kappa shape index (κ3) is 3.86. The quantitative estimate of drug-likeness (QED) is 0.261. The maximum Gasteiger partial charge on any atom is 0.260 e. The molecular formula is C18H42Cl4Si4. The largest absolute Gasteiger partial charge is 0.260 e. The number of halogens is 4. The molecule has 0 aromatic heterocycles. The van der Waals surface area contributed by atoms with Gasteiger partial charge in [0.25, 0.3) is 11.5 Å². The van der Waals surface area contributed by atoms with E-state index in [1.807, 2.05) is 0 Å². The lowest BCUT2D eigenvalue weighted by Gasteiger charge is -2.63. The van der Waals surface area contributed by atoms with Crippen LogP contribution in [0.2, 0.25) is 33.2 Å². The molecule has 0 aliphatic heterocycles. The minimum absolute atomic E-state index is 0.0219. The highest BCUT2D eigenvalue weighted by Crippen LogP contribution is 2.66. The Morgan fingerprint density at radius 2 is 0.500 bits per heavy atom. The summed E-state index contributed by atoms with van der Waals surface area (Å²) >= 11 is 30.4. The van der Waals surface area contributed by atoms with Crippen LogP contribution in [0.25, 0.3) is 0 Å². The Labute approximate surface area is 186 Å². The van der Waals surface area contributed by atoms with Gasteiger partial charge in [0, 0.05) is 0 Å². The van der Waals surface area contributed by atoms with Gasteiger partial charge < -0.3 is 0 Å². The molecule has 0 N–H and O–H groups in total. The van der Waals surface area contributed by atoms with Crippen LogP contribution in [0, 0.1) is 0 Å². The Kier molecular flexibility index (Phi) is 7.89. The van der Waals surface area contributed by atoms with Crippen molar-refractivity contribution in [2.24, 2.45) is 0 Å². The Balaban J connectivity index is 7.12. The van der Waals surface area contributed by atoms with Crippen molar-refractivity contribution in [2.75, 3.05) is 0 Å². The molecule has 0 amide bonds. The molecule has 0 radical (unpaired) electrons. The molecule has 0 rings (SSSR count). The third-order valence-corrected chi connectivity index (χ3v) is 92.9. The molecule has 26 heavy (non-hydrogen) atoms. The first-order valence-electron chi connectivity index (χ1n) is 9.51. The van der Waals surface area contributed by atoms with E-state index in [1.165, 1.54) is 0 Å². The zero-order valence-electron chi connectivity index (χ0n) is 19.5. The number of hydrogen-bond donors (Lipinski definition) is 0. The Morgan fingerprint density at radius 1 is 0.385 bits per heavy atom. The van der Waals surface area contributed by atoms with E-state index in [0.29, 0.717) is 0 Å². The standard InChI is InChI=1S/C18H42Cl4Si4/c1-15(2,3)23(13,16(4,5)6)25(19,20)26(21,22)24(14,17(7,8)9)18(10,11)12/h1-14H3. The fourth-order valence-electron chi connectivity index (χ4n) is 4.76. The van der Waals surface area contributed by atoms with Crippen molar-refractivity contribution < 1.29 is 0 Å². The molecule has 0 spiro atoms. The van der Waals surface area contributed by atoms with E-state index >= 15 is 0 Å². The Hall–Kier alpha value is 2.03. The molecule has 0 atom stereocenters. The average molecular weight is 513 g/mol. The number of hydrogen-bond acceptors (Lipinski definition) is 0. The van der Waals surface area contributed by atoms with Gasteiger partial charge in [-0.15, -0.1) is 0 Å². The summed E-state index contributed by atoms with van der Waals surface area (Å²) in [5, 5.41) is 0.0876. The molecule has 0 aliphatic carbocycles. The van der Waals surface area contributed by atoms with Crippen molar-refractivity contribution in [1.82, 2.24) is 0 Å². The molecule has 0 fully saturated rings. The maximum atomic E-state index is 7.60. The van der Waals surface area contributed by atoms with Crippen molar-refractivity contribution in [1.29, 1.82) is 0 Å². The van der Waals surface area contributed by atoms with Crippen molar-refractivity contribution in [3.05, 3.63) is 0 Å². The van der Waals surface area contributed by atoms with Crippen LogP contribution in [0.3, 0.4) is 0 Å². The van der Waals surface area contributed by atoms with Crippen LogP contribution in [0.5, 0.6) is 0 Å². The van der Waals surface area contributed by atoms with Crippen molar-refractivity contribution in [3.63, 3.8) is 0 Å². The van der Waals surface area contributed by atoms with Crippen LogP contribution >= 0.6 is 44.3 Å². The molecular weight excluding hydrogens is 470 g/mol. The van der Waals surface area contributed by atoms with E-state index in [4.69, 9.17) is 44.3 Å². The van der Waals surface area contributed by atoms with Gasteiger partial charge in [-0.3, -0.25) is 0 Å². The SMILES string of the molecule is CC(C)(C)[Si](C)(C(C)(C)C)[Si](Cl)(Cl)[Si](Cl)(Cl)[Si](C)(C(C)(C)C)C(C)(C)C. The molecule has 158 valence electrons. The second-order valence-electron chi connectivity index (χ2n) is 12.4. The van der Waals surface area contributed by atoms with Crippen molar-refractivity contribution in [3.8, 4) is 0 Å². The summed E-state index contributed by atoms with van der Waals surface area (Å²) < 4.78 is 0. The van der Waals surface area contributed by atoms with Gasteiger partial charge in [0.15, 0.2) is 0 Å². The fourth-order valence-corrected chi connectivity index (χ4v) is 108. The lowest BCUT2D eigenvalue weighted by atomic mass is 10.2. The van der Waals surface area contributed by atoms with Crippen molar-refractivity contribution in [2.45, 2.75) is 116 Å². The van der Waals surface area contributed by atoms with Crippen LogP contribution in [-0.2, 0) is 0 Å². The van der Waals surface area contributed by atoms with Crippen LogP contribution < -0.4 is 0 Å². The number of rotatable bonds is 3. The van der Waals surface area contributed by atoms with Gasteiger partial charge in [-0.05, 0) is 20.2 Å². The van der Waals surface area contributed by atoms with Gasteiger partial charge >= 0.3 is 0 Å². The summed E-state index contributed by atoms with van der Waals surface area (Å²) in [7, 11) is -4.56. The minimum atomic E-state index is -3.00. The first-order chi connectivity index (χ1) is 10.8. The average Bonchev–Trinajstić information content (AvgIpc) is 2.30. The zero-order chi connectivity index (χ0) is 22.0. The van der Waals surface area contributed by atoms with Crippen LogP contribution in [0.4, 0.5) is 0 Å². The molecule has 0 heterocycles. The van der Waals surface area contributed by atoms with Gasteiger partial charge in [-0.25, -0.2) is 0 Å². The predicted octanol–water partition coefficient (Wildman–Crippen LogP) is 9.42.